The van der Waals surface area contributed by atoms with Crippen molar-refractivity contribution in [3.05, 3.63) is 143 Å². The molecule has 9 heteroatoms. The van der Waals surface area contributed by atoms with Gasteiger partial charge < -0.3 is 10.1 Å². The van der Waals surface area contributed by atoms with E-state index in [2.05, 4.69) is 5.32 Å². The maximum Gasteiger partial charge on any atom is 0.475 e. The van der Waals surface area contributed by atoms with Crippen LogP contribution in [-0.2, 0) is 49.1 Å². The summed E-state index contributed by atoms with van der Waals surface area (Å²) in [4.78, 5) is 12.6. The lowest BCUT2D eigenvalue weighted by molar-refractivity contribution is 0.0903. The van der Waals surface area contributed by atoms with Crippen LogP contribution in [0.2, 0.25) is 0 Å². The molecule has 1 amide bonds. The van der Waals surface area contributed by atoms with Crippen molar-refractivity contribution in [2.75, 3.05) is 6.61 Å². The van der Waals surface area contributed by atoms with E-state index in [9.17, 15) is 13.8 Å². The molecule has 7 nitrogen and oxygen atoms in total. The fraction of sp³-hybridized carbons (Fsp3) is 0.194. The summed E-state index contributed by atoms with van der Waals surface area (Å²) in [5, 5.41) is 2.73. The van der Waals surface area contributed by atoms with Gasteiger partial charge in [0.25, 0.3) is 0 Å². The highest BCUT2D eigenvalue weighted by molar-refractivity contribution is 7.48. The Labute approximate surface area is 233 Å². The Morgan fingerprint density at radius 3 is 1.70 bits per heavy atom. The van der Waals surface area contributed by atoms with Crippen molar-refractivity contribution in [1.82, 2.24) is 5.32 Å². The quantitative estimate of drug-likeness (QED) is 0.163. The van der Waals surface area contributed by atoms with E-state index in [0.717, 1.165) is 16.7 Å². The number of hydrogen-bond donors (Lipinski definition) is 1. The molecule has 0 saturated carbocycles. The van der Waals surface area contributed by atoms with Crippen molar-refractivity contribution in [3.8, 4) is 0 Å². The average Bonchev–Trinajstić information content (AvgIpc) is 2.99. The second-order valence-corrected chi connectivity index (χ2v) is 10.7. The zero-order valence-electron chi connectivity index (χ0n) is 21.9. The van der Waals surface area contributed by atoms with E-state index in [1.54, 1.807) is 12.1 Å². The summed E-state index contributed by atoms with van der Waals surface area (Å²) in [6.45, 7) is -0.182. The summed E-state index contributed by atoms with van der Waals surface area (Å²) < 4.78 is 50.0. The predicted molar refractivity (Wildman–Crippen MR) is 150 cm³/mol. The minimum atomic E-state index is -4.09. The first-order chi connectivity index (χ1) is 19.5. The number of alkyl carbamates (subject to hydrolysis) is 1. The minimum Gasteiger partial charge on any atom is -0.445 e. The van der Waals surface area contributed by atoms with Crippen LogP contribution in [-0.4, -0.2) is 18.7 Å². The van der Waals surface area contributed by atoms with Crippen LogP contribution in [0.15, 0.2) is 115 Å². The Morgan fingerprint density at radius 1 is 0.675 bits per heavy atom. The minimum absolute atomic E-state index is 0.00594. The maximum absolute atomic E-state index is 13.9. The van der Waals surface area contributed by atoms with Gasteiger partial charge in [-0.25, -0.2) is 13.8 Å². The van der Waals surface area contributed by atoms with Gasteiger partial charge in [0.2, 0.25) is 0 Å². The molecule has 0 saturated heterocycles. The standard InChI is InChI=1S/C31H31FNO6P/c32-29-18-10-17-28(19-29)20-30(33-31(34)36-21-25-11-4-1-5-12-25)24-39-40(35,37-22-26-13-6-2-7-14-26)38-23-27-15-8-3-9-16-27/h1-19,30H,20-24H2,(H,33,34)/t30-/m1/s1. The number of phosphoric acid groups is 1. The van der Waals surface area contributed by atoms with Gasteiger partial charge >= 0.3 is 13.9 Å². The monoisotopic (exact) mass is 563 g/mol. The van der Waals surface area contributed by atoms with Crippen LogP contribution in [0, 0.1) is 5.82 Å². The maximum atomic E-state index is 13.9. The lowest BCUT2D eigenvalue weighted by atomic mass is 10.1. The summed E-state index contributed by atoms with van der Waals surface area (Å²) in [5.41, 5.74) is 3.01. The topological polar surface area (TPSA) is 83.1 Å². The molecule has 1 atom stereocenters. The van der Waals surface area contributed by atoms with Gasteiger partial charge in [0, 0.05) is 0 Å². The smallest absolute Gasteiger partial charge is 0.445 e. The van der Waals surface area contributed by atoms with E-state index < -0.39 is 25.8 Å². The fourth-order valence-corrected chi connectivity index (χ4v) is 4.98. The SMILES string of the molecule is O=C(N[C@@H](COP(=O)(OCc1ccccc1)OCc1ccccc1)Cc1cccc(F)c1)OCc1ccccc1. The number of rotatable bonds is 14. The summed E-state index contributed by atoms with van der Waals surface area (Å²) in [5.74, 6) is -0.410. The zero-order valence-corrected chi connectivity index (χ0v) is 22.8. The Kier molecular flexibility index (Phi) is 11.0. The molecule has 4 aromatic rings. The van der Waals surface area contributed by atoms with Gasteiger partial charge in [-0.05, 0) is 40.8 Å². The zero-order chi connectivity index (χ0) is 28.0. The van der Waals surface area contributed by atoms with Crippen molar-refractivity contribution in [3.63, 3.8) is 0 Å². The van der Waals surface area contributed by atoms with Gasteiger partial charge in [0.1, 0.15) is 12.4 Å². The molecule has 4 aromatic carbocycles. The number of carbonyl (C=O) groups excluding carboxylic acids is 1. The molecule has 1 N–H and O–H groups in total. The third-order valence-corrected chi connectivity index (χ3v) is 7.16. The molecule has 0 aromatic heterocycles. The summed E-state index contributed by atoms with van der Waals surface area (Å²) in [7, 11) is -4.09. The molecule has 0 bridgehead atoms. The molecule has 0 aliphatic rings. The van der Waals surface area contributed by atoms with E-state index in [-0.39, 0.29) is 32.8 Å². The molecule has 0 radical (unpaired) electrons. The Hall–Kier alpha value is -3.81. The lowest BCUT2D eigenvalue weighted by Gasteiger charge is -2.23. The van der Waals surface area contributed by atoms with Crippen molar-refractivity contribution < 1.29 is 32.1 Å². The first kappa shape index (κ1) is 29.2. The first-order valence-electron chi connectivity index (χ1n) is 12.8. The first-order valence-corrected chi connectivity index (χ1v) is 14.3. The Balaban J connectivity index is 1.44. The molecule has 0 spiro atoms. The van der Waals surface area contributed by atoms with Gasteiger partial charge in [0.15, 0.2) is 0 Å². The van der Waals surface area contributed by atoms with E-state index in [1.165, 1.54) is 12.1 Å². The second kappa shape index (κ2) is 15.1. The number of phosphoric ester groups is 1. The van der Waals surface area contributed by atoms with E-state index in [4.69, 9.17) is 18.3 Å². The van der Waals surface area contributed by atoms with Crippen molar-refractivity contribution in [2.45, 2.75) is 32.3 Å². The van der Waals surface area contributed by atoms with Crippen LogP contribution in [0.3, 0.4) is 0 Å². The van der Waals surface area contributed by atoms with Crippen molar-refractivity contribution in [1.29, 1.82) is 0 Å². The Bertz CT molecular complexity index is 1330. The molecule has 208 valence electrons. The van der Waals surface area contributed by atoms with E-state index in [1.807, 2.05) is 91.0 Å². The van der Waals surface area contributed by atoms with E-state index in [0.29, 0.717) is 5.56 Å². The molecular formula is C31H31FNO6P. The predicted octanol–water partition coefficient (Wildman–Crippen LogP) is 7.22. The van der Waals surface area contributed by atoms with Gasteiger partial charge in [-0.2, -0.15) is 0 Å². The molecule has 0 heterocycles. The molecule has 4 rings (SSSR count). The number of halogens is 1. The fourth-order valence-electron chi connectivity index (χ4n) is 3.78. The molecule has 0 aliphatic heterocycles. The highest BCUT2D eigenvalue weighted by Gasteiger charge is 2.29. The molecule has 0 fully saturated rings. The van der Waals surface area contributed by atoms with Crippen LogP contribution in [0.5, 0.6) is 0 Å². The average molecular weight is 564 g/mol. The summed E-state index contributed by atoms with van der Waals surface area (Å²) in [6.07, 6.45) is -0.505. The highest BCUT2D eigenvalue weighted by atomic mass is 31.2. The molecule has 0 unspecified atom stereocenters. The third-order valence-electron chi connectivity index (χ3n) is 5.80. The highest BCUT2D eigenvalue weighted by Crippen LogP contribution is 2.51. The van der Waals surface area contributed by atoms with Crippen molar-refractivity contribution >= 4 is 13.9 Å². The van der Waals surface area contributed by atoms with Gasteiger partial charge in [0.05, 0.1) is 25.9 Å². The van der Waals surface area contributed by atoms with Crippen molar-refractivity contribution in [2.24, 2.45) is 0 Å². The van der Waals surface area contributed by atoms with Crippen LogP contribution >= 0.6 is 7.82 Å². The lowest BCUT2D eigenvalue weighted by Crippen LogP contribution is -2.40. The number of nitrogens with one attached hydrogen (secondary N) is 1. The van der Waals surface area contributed by atoms with E-state index >= 15 is 0 Å². The van der Waals surface area contributed by atoms with Crippen LogP contribution in [0.1, 0.15) is 22.3 Å². The number of benzene rings is 4. The number of hydrogen-bond acceptors (Lipinski definition) is 6. The largest absolute Gasteiger partial charge is 0.475 e. The normalized spacial score (nSPS) is 12.0. The van der Waals surface area contributed by atoms with Gasteiger partial charge in [-0.3, -0.25) is 13.6 Å². The number of carbonyl (C=O) groups is 1. The van der Waals surface area contributed by atoms with Crippen LogP contribution < -0.4 is 5.32 Å². The molecule has 40 heavy (non-hydrogen) atoms. The second-order valence-electron chi connectivity index (χ2n) is 9.00. The number of amides is 1. The van der Waals surface area contributed by atoms with Gasteiger partial charge in [-0.1, -0.05) is 103 Å². The third kappa shape index (κ3) is 10.1. The number of ether oxygens (including phenoxy) is 1. The molecule has 0 aliphatic carbocycles. The summed E-state index contributed by atoms with van der Waals surface area (Å²) >= 11 is 0. The molecular weight excluding hydrogens is 532 g/mol. The van der Waals surface area contributed by atoms with Gasteiger partial charge in [-0.15, -0.1) is 0 Å². The van der Waals surface area contributed by atoms with Crippen LogP contribution in [0.25, 0.3) is 0 Å². The van der Waals surface area contributed by atoms with Crippen LogP contribution in [0.4, 0.5) is 9.18 Å². The summed E-state index contributed by atoms with van der Waals surface area (Å²) in [6, 6.07) is 32.9. The Morgan fingerprint density at radius 2 is 1.18 bits per heavy atom.